The molecule has 4 rings (SSSR count). The Hall–Kier alpha value is -2.58. The Morgan fingerprint density at radius 1 is 0.846 bits per heavy atom. The molecule has 0 saturated carbocycles. The maximum absolute atomic E-state index is 6.04. The van der Waals surface area contributed by atoms with Gasteiger partial charge in [-0.1, -0.05) is 67.6 Å². The highest BCUT2D eigenvalue weighted by molar-refractivity contribution is 5.63. The average Bonchev–Trinajstić information content (AvgIpc) is 2.82. The zero-order valence-electron chi connectivity index (χ0n) is 15.3. The first-order chi connectivity index (χ1) is 12.7. The molecular formula is C24H26N2. The molecule has 2 nitrogen and oxygen atoms in total. The molecule has 0 aliphatic carbocycles. The lowest BCUT2D eigenvalue weighted by Crippen LogP contribution is -2.22. The van der Waals surface area contributed by atoms with Gasteiger partial charge in [0.25, 0.3) is 0 Å². The van der Waals surface area contributed by atoms with Crippen molar-refractivity contribution in [2.45, 2.75) is 25.2 Å². The molecule has 26 heavy (non-hydrogen) atoms. The van der Waals surface area contributed by atoms with Crippen LogP contribution in [-0.4, -0.2) is 13.1 Å². The van der Waals surface area contributed by atoms with Crippen molar-refractivity contribution in [2.75, 3.05) is 18.8 Å². The van der Waals surface area contributed by atoms with Crippen molar-refractivity contribution in [3.05, 3.63) is 89.5 Å². The molecule has 1 aliphatic heterocycles. The van der Waals surface area contributed by atoms with Crippen molar-refractivity contribution in [3.63, 3.8) is 0 Å². The molecule has 1 heterocycles. The minimum absolute atomic E-state index is 0.484. The van der Waals surface area contributed by atoms with Crippen molar-refractivity contribution in [3.8, 4) is 11.1 Å². The van der Waals surface area contributed by atoms with Gasteiger partial charge >= 0.3 is 0 Å². The molecule has 132 valence electrons. The van der Waals surface area contributed by atoms with Crippen molar-refractivity contribution < 1.29 is 0 Å². The summed E-state index contributed by atoms with van der Waals surface area (Å²) in [6, 6.07) is 26.0. The molecule has 0 radical (unpaired) electrons. The summed E-state index contributed by atoms with van der Waals surface area (Å²) >= 11 is 0. The number of hydrogen-bond acceptors (Lipinski definition) is 2. The topological polar surface area (TPSA) is 38.0 Å². The van der Waals surface area contributed by atoms with Crippen LogP contribution in [0.25, 0.3) is 11.1 Å². The van der Waals surface area contributed by atoms with E-state index in [4.69, 9.17) is 5.73 Å². The summed E-state index contributed by atoms with van der Waals surface area (Å²) in [5.74, 6) is 0.983. The summed E-state index contributed by atoms with van der Waals surface area (Å²) in [7, 11) is 0. The third kappa shape index (κ3) is 3.51. The Kier molecular flexibility index (Phi) is 4.77. The van der Waals surface area contributed by atoms with Crippen LogP contribution in [0.5, 0.6) is 0 Å². The first-order valence-corrected chi connectivity index (χ1v) is 9.45. The predicted molar refractivity (Wildman–Crippen MR) is 110 cm³/mol. The van der Waals surface area contributed by atoms with Crippen molar-refractivity contribution in [2.24, 2.45) is 0 Å². The van der Waals surface area contributed by atoms with E-state index in [0.717, 1.165) is 25.2 Å². The minimum Gasteiger partial charge on any atom is -0.399 e. The van der Waals surface area contributed by atoms with Gasteiger partial charge in [0.15, 0.2) is 0 Å². The summed E-state index contributed by atoms with van der Waals surface area (Å²) < 4.78 is 0. The van der Waals surface area contributed by atoms with Crippen LogP contribution < -0.4 is 11.1 Å². The van der Waals surface area contributed by atoms with Gasteiger partial charge in [-0.2, -0.15) is 0 Å². The smallest absolute Gasteiger partial charge is 0.0317 e. The van der Waals surface area contributed by atoms with E-state index in [9.17, 15) is 0 Å². The summed E-state index contributed by atoms with van der Waals surface area (Å²) in [5, 5.41) is 3.63. The Labute approximate surface area is 156 Å². The number of nitrogens with one attached hydrogen (secondary N) is 1. The van der Waals surface area contributed by atoms with Gasteiger partial charge in [0.1, 0.15) is 0 Å². The number of fused-ring (bicyclic) bond motifs is 1. The zero-order valence-corrected chi connectivity index (χ0v) is 15.3. The van der Waals surface area contributed by atoms with Crippen LogP contribution >= 0.6 is 0 Å². The van der Waals surface area contributed by atoms with E-state index in [1.54, 1.807) is 0 Å². The molecule has 0 saturated heterocycles. The minimum atomic E-state index is 0.484. The quantitative estimate of drug-likeness (QED) is 0.660. The van der Waals surface area contributed by atoms with E-state index >= 15 is 0 Å². The third-order valence-corrected chi connectivity index (χ3v) is 5.47. The van der Waals surface area contributed by atoms with Crippen LogP contribution in [0.15, 0.2) is 72.8 Å². The normalized spacial score (nSPS) is 19.6. The van der Waals surface area contributed by atoms with Gasteiger partial charge < -0.3 is 11.1 Å². The molecule has 1 aliphatic rings. The van der Waals surface area contributed by atoms with Crippen LogP contribution in [0.3, 0.4) is 0 Å². The van der Waals surface area contributed by atoms with Gasteiger partial charge in [-0.3, -0.25) is 0 Å². The van der Waals surface area contributed by atoms with E-state index < -0.39 is 0 Å². The number of hydrogen-bond donors (Lipinski definition) is 2. The van der Waals surface area contributed by atoms with Crippen molar-refractivity contribution in [1.29, 1.82) is 0 Å². The van der Waals surface area contributed by atoms with E-state index in [2.05, 4.69) is 79.0 Å². The van der Waals surface area contributed by atoms with Crippen LogP contribution in [0.2, 0.25) is 0 Å². The predicted octanol–water partition coefficient (Wildman–Crippen LogP) is 4.97. The van der Waals surface area contributed by atoms with Gasteiger partial charge in [0.2, 0.25) is 0 Å². The molecule has 1 unspecified atom stereocenters. The maximum Gasteiger partial charge on any atom is 0.0317 e. The fraction of sp³-hybridized carbons (Fsp3) is 0.250. The standard InChI is InChI=1S/C24H26N2/c1-17-15-26-16-21(23-12-11-22(25)14-24(17)23)13-18-7-9-20(10-8-18)19-5-3-2-4-6-19/h2-12,14,17,21,26H,13,15-16,25H2,1H3/t17?,21-/m1/s1. The van der Waals surface area contributed by atoms with Gasteiger partial charge in [-0.05, 0) is 52.3 Å². The summed E-state index contributed by atoms with van der Waals surface area (Å²) in [6.07, 6.45) is 1.05. The third-order valence-electron chi connectivity index (χ3n) is 5.47. The molecule has 2 heteroatoms. The molecule has 0 fully saturated rings. The second-order valence-electron chi connectivity index (χ2n) is 7.41. The van der Waals surface area contributed by atoms with Crippen LogP contribution in [0, 0.1) is 0 Å². The van der Waals surface area contributed by atoms with Gasteiger partial charge in [-0.15, -0.1) is 0 Å². The van der Waals surface area contributed by atoms with E-state index in [1.165, 1.54) is 27.8 Å². The zero-order chi connectivity index (χ0) is 17.9. The van der Waals surface area contributed by atoms with Crippen molar-refractivity contribution in [1.82, 2.24) is 5.32 Å². The second kappa shape index (κ2) is 7.35. The highest BCUT2D eigenvalue weighted by Gasteiger charge is 2.22. The number of nitrogen functional groups attached to an aromatic ring is 1. The summed E-state index contributed by atoms with van der Waals surface area (Å²) in [5.41, 5.74) is 13.7. The molecule has 3 N–H and O–H groups in total. The molecule has 0 aromatic heterocycles. The lowest BCUT2D eigenvalue weighted by Gasteiger charge is -2.19. The van der Waals surface area contributed by atoms with Gasteiger partial charge in [-0.25, -0.2) is 0 Å². The lowest BCUT2D eigenvalue weighted by molar-refractivity contribution is 0.585. The average molecular weight is 342 g/mol. The van der Waals surface area contributed by atoms with E-state index in [0.29, 0.717) is 11.8 Å². The summed E-state index contributed by atoms with van der Waals surface area (Å²) in [6.45, 7) is 4.31. The lowest BCUT2D eigenvalue weighted by atomic mass is 9.86. The molecular weight excluding hydrogens is 316 g/mol. The molecule has 3 aromatic rings. The molecule has 2 atom stereocenters. The Morgan fingerprint density at radius 3 is 2.35 bits per heavy atom. The SMILES string of the molecule is CC1CNC[C@@H](Cc2ccc(-c3ccccc3)cc2)c2ccc(N)cc21. The number of nitrogens with two attached hydrogens (primary N) is 1. The highest BCUT2D eigenvalue weighted by Crippen LogP contribution is 2.32. The second-order valence-corrected chi connectivity index (χ2v) is 7.41. The Morgan fingerprint density at radius 2 is 1.58 bits per heavy atom. The van der Waals surface area contributed by atoms with Crippen molar-refractivity contribution >= 4 is 5.69 Å². The number of benzene rings is 3. The van der Waals surface area contributed by atoms with Gasteiger partial charge in [0.05, 0.1) is 0 Å². The van der Waals surface area contributed by atoms with E-state index in [1.807, 2.05) is 6.07 Å². The highest BCUT2D eigenvalue weighted by atomic mass is 14.9. The first-order valence-electron chi connectivity index (χ1n) is 9.45. The molecule has 3 aromatic carbocycles. The molecule has 0 bridgehead atoms. The van der Waals surface area contributed by atoms with Crippen LogP contribution in [0.1, 0.15) is 35.4 Å². The monoisotopic (exact) mass is 342 g/mol. The molecule has 0 spiro atoms. The Balaban J connectivity index is 1.58. The molecule has 0 amide bonds. The fourth-order valence-corrected chi connectivity index (χ4v) is 4.02. The van der Waals surface area contributed by atoms with E-state index in [-0.39, 0.29) is 0 Å². The Bertz CT molecular complexity index is 868. The summed E-state index contributed by atoms with van der Waals surface area (Å²) in [4.78, 5) is 0. The first kappa shape index (κ1) is 16.9. The van der Waals surface area contributed by atoms with Crippen LogP contribution in [-0.2, 0) is 6.42 Å². The number of anilines is 1. The number of rotatable bonds is 3. The fourth-order valence-electron chi connectivity index (χ4n) is 4.02. The maximum atomic E-state index is 6.04. The van der Waals surface area contributed by atoms with Crippen LogP contribution in [0.4, 0.5) is 5.69 Å². The largest absolute Gasteiger partial charge is 0.399 e. The van der Waals surface area contributed by atoms with Gasteiger partial charge in [0, 0.05) is 24.7 Å².